The van der Waals surface area contributed by atoms with Crippen LogP contribution in [-0.2, 0) is 14.2 Å². The third-order valence-corrected chi connectivity index (χ3v) is 0. The van der Waals surface area contributed by atoms with Crippen LogP contribution in [0.3, 0.4) is 0 Å². The number of carbonyl (C=O) groups is 2. The van der Waals surface area contributed by atoms with Gasteiger partial charge in [0.25, 0.3) is 12.9 Å². The molecule has 0 spiro atoms. The molecule has 0 unspecified atom stereocenters. The summed E-state index contributed by atoms with van der Waals surface area (Å²) in [6.07, 6.45) is 0. The predicted octanol–water partition coefficient (Wildman–Crippen LogP) is -1.53. The minimum absolute atomic E-state index is 0.250. The molecule has 0 saturated carbocycles. The molecule has 0 heterocycles. The van der Waals surface area contributed by atoms with E-state index in [0.717, 1.165) is 0 Å². The van der Waals surface area contributed by atoms with Crippen LogP contribution >= 0.6 is 7.82 Å². The Kier molecular flexibility index (Phi) is 17.8. The maximum absolute atomic E-state index is 8.88. The highest BCUT2D eigenvalue weighted by Crippen LogP contribution is 2.25. The maximum atomic E-state index is 8.88. The van der Waals surface area contributed by atoms with Crippen molar-refractivity contribution in [3.63, 3.8) is 0 Å². The van der Waals surface area contributed by atoms with Crippen molar-refractivity contribution in [3.05, 3.63) is 0 Å². The molecule has 0 aliphatic heterocycles. The normalized spacial score (nSPS) is 7.55. The van der Waals surface area contributed by atoms with Gasteiger partial charge in [-0.25, -0.2) is 4.57 Å². The fourth-order valence-corrected chi connectivity index (χ4v) is 0. The van der Waals surface area contributed by atoms with Crippen molar-refractivity contribution in [2.45, 2.75) is 0 Å². The third-order valence-electron chi connectivity index (χ3n) is 0. The first-order chi connectivity index (χ1) is 4.83. The lowest BCUT2D eigenvalue weighted by molar-refractivity contribution is -0.123. The van der Waals surface area contributed by atoms with Crippen LogP contribution in [0, 0.1) is 0 Å². The molecule has 0 aromatic heterocycles. The topological polar surface area (TPSA) is 152 Å². The highest BCUT2D eigenvalue weighted by Gasteiger charge is 2.00. The fourth-order valence-electron chi connectivity index (χ4n) is 0. The van der Waals surface area contributed by atoms with Gasteiger partial charge in [-0.2, -0.15) is 0 Å². The second-order valence-electron chi connectivity index (χ2n) is 0.724. The van der Waals surface area contributed by atoms with Crippen molar-refractivity contribution in [2.75, 3.05) is 0 Å². The summed E-state index contributed by atoms with van der Waals surface area (Å²) in [5, 5.41) is 13.8. The molecule has 0 saturated heterocycles. The van der Waals surface area contributed by atoms with E-state index in [1.807, 2.05) is 0 Å². The molecule has 0 aliphatic rings. The van der Waals surface area contributed by atoms with Gasteiger partial charge in [0.2, 0.25) is 0 Å². The van der Waals surface area contributed by atoms with Gasteiger partial charge in [0, 0.05) is 0 Å². The largest absolute Gasteiger partial charge is 0.483 e. The molecule has 0 aromatic rings. The number of rotatable bonds is 0. The van der Waals surface area contributed by atoms with Crippen LogP contribution in [-0.4, -0.2) is 37.8 Å². The van der Waals surface area contributed by atoms with Crippen LogP contribution < -0.4 is 0 Å². The second kappa shape index (κ2) is 11.8. The van der Waals surface area contributed by atoms with Gasteiger partial charge in [0.1, 0.15) is 0 Å². The summed E-state index contributed by atoms with van der Waals surface area (Å²) in [6.45, 7) is -0.500. The summed E-state index contributed by atoms with van der Waals surface area (Å²) in [5.74, 6) is 0. The standard InChI is InChI=1S/2CH2O2.H3O4P/c2*2-1-3;1-5(2,3)4/h2*1H,(H,2,3);(H3,1,2,3,4). The van der Waals surface area contributed by atoms with Crippen molar-refractivity contribution in [1.29, 1.82) is 0 Å². The van der Waals surface area contributed by atoms with E-state index in [4.69, 9.17) is 39.0 Å². The van der Waals surface area contributed by atoms with Gasteiger partial charge >= 0.3 is 7.82 Å². The van der Waals surface area contributed by atoms with E-state index in [1.165, 1.54) is 0 Å². The van der Waals surface area contributed by atoms with Gasteiger partial charge < -0.3 is 24.9 Å². The van der Waals surface area contributed by atoms with Crippen LogP contribution in [0.2, 0.25) is 0 Å². The first-order valence-corrected chi connectivity index (χ1v) is 3.34. The molecule has 0 bridgehead atoms. The van der Waals surface area contributed by atoms with Gasteiger partial charge in [-0.15, -0.1) is 0 Å². The van der Waals surface area contributed by atoms with Gasteiger partial charge in [-0.3, -0.25) is 9.59 Å². The Bertz CT molecular complexity index is 110. The molecule has 11 heavy (non-hydrogen) atoms. The van der Waals surface area contributed by atoms with E-state index in [2.05, 4.69) is 0 Å². The minimum atomic E-state index is -4.64. The van der Waals surface area contributed by atoms with Gasteiger partial charge in [0.15, 0.2) is 0 Å². The molecule has 0 fully saturated rings. The molecular weight excluding hydrogens is 183 g/mol. The van der Waals surface area contributed by atoms with E-state index in [0.29, 0.717) is 0 Å². The lowest BCUT2D eigenvalue weighted by Crippen LogP contribution is -1.66. The first kappa shape index (κ1) is 16.6. The summed E-state index contributed by atoms with van der Waals surface area (Å²) in [4.78, 5) is 38.3. The highest BCUT2D eigenvalue weighted by molar-refractivity contribution is 7.45. The monoisotopic (exact) mass is 190 g/mol. The Morgan fingerprint density at radius 3 is 0.909 bits per heavy atom. The molecule has 0 aromatic carbocycles. The van der Waals surface area contributed by atoms with Crippen LogP contribution in [0.25, 0.3) is 0 Å². The highest BCUT2D eigenvalue weighted by atomic mass is 31.2. The number of hydrogen-bond acceptors (Lipinski definition) is 3. The maximum Gasteiger partial charge on any atom is 0.466 e. The van der Waals surface area contributed by atoms with Crippen LogP contribution in [0.4, 0.5) is 0 Å². The number of carboxylic acid groups (broad SMARTS) is 2. The smallest absolute Gasteiger partial charge is 0.466 e. The molecule has 5 N–H and O–H groups in total. The average molecular weight is 190 g/mol. The van der Waals surface area contributed by atoms with Gasteiger partial charge in [-0.05, 0) is 0 Å². The predicted molar refractivity (Wildman–Crippen MR) is 31.6 cm³/mol. The SMILES string of the molecule is O=CO.O=CO.O=P(O)(O)O. The van der Waals surface area contributed by atoms with Crippen molar-refractivity contribution >= 4 is 20.8 Å². The molecule has 0 atom stereocenters. The molecule has 9 heteroatoms. The summed E-state index contributed by atoms with van der Waals surface area (Å²) < 4.78 is 8.88. The Hall–Kier alpha value is -0.950. The van der Waals surface area contributed by atoms with Crippen LogP contribution in [0.15, 0.2) is 0 Å². The zero-order valence-electron chi connectivity index (χ0n) is 5.06. The first-order valence-electron chi connectivity index (χ1n) is 1.77. The summed E-state index contributed by atoms with van der Waals surface area (Å²) in [7, 11) is -4.64. The molecule has 0 aliphatic carbocycles. The zero-order valence-corrected chi connectivity index (χ0v) is 5.96. The van der Waals surface area contributed by atoms with Crippen LogP contribution in [0.5, 0.6) is 0 Å². The molecule has 0 amide bonds. The third kappa shape index (κ3) is 498. The Labute approximate surface area is 61.0 Å². The number of hydrogen-bond donors (Lipinski definition) is 5. The lowest BCUT2D eigenvalue weighted by Gasteiger charge is -1.82. The molecule has 68 valence electrons. The summed E-state index contributed by atoms with van der Waals surface area (Å²) in [6, 6.07) is 0. The van der Waals surface area contributed by atoms with Crippen molar-refractivity contribution in [1.82, 2.24) is 0 Å². The Morgan fingerprint density at radius 1 is 0.909 bits per heavy atom. The fraction of sp³-hybridized carbons (Fsp3) is 0. The van der Waals surface area contributed by atoms with Crippen molar-refractivity contribution in [3.8, 4) is 0 Å². The average Bonchev–Trinajstić information content (AvgIpc) is 1.62. The quantitative estimate of drug-likeness (QED) is 0.228. The van der Waals surface area contributed by atoms with E-state index >= 15 is 0 Å². The van der Waals surface area contributed by atoms with Gasteiger partial charge in [-0.1, -0.05) is 0 Å². The summed E-state index contributed by atoms with van der Waals surface area (Å²) in [5.41, 5.74) is 0. The minimum Gasteiger partial charge on any atom is -0.483 e. The second-order valence-corrected chi connectivity index (χ2v) is 1.75. The van der Waals surface area contributed by atoms with E-state index in [1.54, 1.807) is 0 Å². The van der Waals surface area contributed by atoms with Crippen molar-refractivity contribution < 1.29 is 39.0 Å². The number of phosphoric acid groups is 1. The van der Waals surface area contributed by atoms with Crippen molar-refractivity contribution in [2.24, 2.45) is 0 Å². The Morgan fingerprint density at radius 2 is 0.909 bits per heavy atom. The summed E-state index contributed by atoms with van der Waals surface area (Å²) >= 11 is 0. The van der Waals surface area contributed by atoms with E-state index in [9.17, 15) is 0 Å². The Balaban J connectivity index is -0.0000000933. The molecule has 0 radical (unpaired) electrons. The van der Waals surface area contributed by atoms with Gasteiger partial charge in [0.05, 0.1) is 0 Å². The van der Waals surface area contributed by atoms with E-state index < -0.39 is 7.82 Å². The zero-order chi connectivity index (χ0) is 9.91. The molecular formula is C2H7O8P. The van der Waals surface area contributed by atoms with E-state index in [-0.39, 0.29) is 12.9 Å². The molecule has 0 rings (SSSR count). The van der Waals surface area contributed by atoms with Crippen LogP contribution in [0.1, 0.15) is 0 Å². The molecule has 8 nitrogen and oxygen atoms in total. The lowest BCUT2D eigenvalue weighted by atomic mass is 11.7.